The van der Waals surface area contributed by atoms with Crippen LogP contribution in [0.5, 0.6) is 0 Å². The second-order valence-corrected chi connectivity index (χ2v) is 45.1. The molecule has 0 aliphatic heterocycles. The zero-order chi connectivity index (χ0) is 105. The number of hydrogen-bond donors (Lipinski definition) is 3. The molecule has 0 saturated carbocycles. The number of carbonyl (C=O) groups excluding carboxylic acids is 5. The number of rotatable bonds is 42. The molecule has 5 aromatic rings. The number of amides is 2. The summed E-state index contributed by atoms with van der Waals surface area (Å²) in [6.45, 7) is 36.5. The first-order valence-corrected chi connectivity index (χ1v) is 55.7. The van der Waals surface area contributed by atoms with E-state index in [1.54, 1.807) is 71.0 Å². The molecule has 5 aromatic carbocycles. The average molecular weight is 2370 g/mol. The fourth-order valence-corrected chi connectivity index (χ4v) is 13.9. The number of phosphoric ester groups is 1. The number of carboxylic acids is 1. The second-order valence-electron chi connectivity index (χ2n) is 32.1. The summed E-state index contributed by atoms with van der Waals surface area (Å²) in [5.74, 6) is -3.68. The van der Waals surface area contributed by atoms with Crippen LogP contribution in [-0.4, -0.2) is 199 Å². The van der Waals surface area contributed by atoms with E-state index in [4.69, 9.17) is 19.3 Å². The Balaban J connectivity index is -0.000000110. The van der Waals surface area contributed by atoms with Gasteiger partial charge in [-0.2, -0.15) is 0 Å². The molecule has 5 rings (SSSR count). The summed E-state index contributed by atoms with van der Waals surface area (Å²) >= 11 is 0. The molecule has 0 saturated heterocycles. The minimum Gasteiger partial charge on any atom is -0.790 e. The predicted octanol–water partition coefficient (Wildman–Crippen LogP) is -19.5. The molecular formula is C85H131K4N2Na6O38PS8. The fourth-order valence-electron chi connectivity index (χ4n) is 9.48. The third-order valence-electron chi connectivity index (χ3n) is 20.3. The van der Waals surface area contributed by atoms with Gasteiger partial charge in [0.05, 0.1) is 117 Å². The smallest absolute Gasteiger partial charge is 0.790 e. The quantitative estimate of drug-likeness (QED) is 0.00815. The van der Waals surface area contributed by atoms with Crippen molar-refractivity contribution in [1.29, 1.82) is 0 Å². The van der Waals surface area contributed by atoms with E-state index in [9.17, 15) is 147 Å². The van der Waals surface area contributed by atoms with E-state index >= 15 is 0 Å². The van der Waals surface area contributed by atoms with E-state index in [1.807, 2.05) is 80.5 Å². The van der Waals surface area contributed by atoms with Crippen molar-refractivity contribution < 1.29 is 554 Å². The molecule has 40 nitrogen and oxygen atoms in total. The van der Waals surface area contributed by atoms with Gasteiger partial charge in [-0.15, -0.1) is 0 Å². The number of carbonyl (C=O) groups is 6. The van der Waals surface area contributed by atoms with Gasteiger partial charge in [-0.1, -0.05) is 164 Å². The summed E-state index contributed by atoms with van der Waals surface area (Å²) in [6, 6.07) is 28.4. The maximum absolute atomic E-state index is 11.8. The van der Waals surface area contributed by atoms with Crippen LogP contribution in [0.2, 0.25) is 0 Å². The minimum absolute atomic E-state index is 0. The summed E-state index contributed by atoms with van der Waals surface area (Å²) < 4.78 is 280. The van der Waals surface area contributed by atoms with Crippen LogP contribution >= 0.6 is 7.82 Å². The van der Waals surface area contributed by atoms with E-state index in [0.29, 0.717) is 43.2 Å². The number of carboxylic acid groups (broad SMARTS) is 1. The topological polar surface area (TPSA) is 704 Å². The van der Waals surface area contributed by atoms with E-state index in [2.05, 4.69) is 42.9 Å². The van der Waals surface area contributed by atoms with Crippen molar-refractivity contribution in [3.63, 3.8) is 0 Å². The van der Waals surface area contributed by atoms with Crippen molar-refractivity contribution in [3.8, 4) is 0 Å². The first-order chi connectivity index (χ1) is 61.0. The Bertz CT molecular complexity index is 5530. The molecule has 2 amide bonds. The number of ether oxygens (including phenoxy) is 3. The van der Waals surface area contributed by atoms with Crippen LogP contribution in [0.3, 0.4) is 0 Å². The third-order valence-corrected chi connectivity index (χ3v) is 27.9. The summed E-state index contributed by atoms with van der Waals surface area (Å²) in [7, 11) is -39.1. The van der Waals surface area contributed by atoms with E-state index in [-0.39, 0.29) is 496 Å². The molecule has 0 aromatic heterocycles. The van der Waals surface area contributed by atoms with Crippen LogP contribution in [0.1, 0.15) is 275 Å². The van der Waals surface area contributed by atoms with Crippen LogP contribution in [0, 0.1) is 16.2 Å². The molecule has 772 valence electrons. The zero-order valence-electron chi connectivity index (χ0n) is 89.2. The monoisotopic (exact) mass is 2370 g/mol. The first kappa shape index (κ1) is 179. The van der Waals surface area contributed by atoms with Crippen molar-refractivity contribution in [2.24, 2.45) is 16.2 Å². The van der Waals surface area contributed by atoms with Gasteiger partial charge in [0.25, 0.3) is 0 Å². The predicted molar refractivity (Wildman–Crippen MR) is 487 cm³/mol. The van der Waals surface area contributed by atoms with Crippen LogP contribution in [0.4, 0.5) is 0 Å². The number of phosphoric acid groups is 1. The van der Waals surface area contributed by atoms with Gasteiger partial charge >= 0.3 is 407 Å². The van der Waals surface area contributed by atoms with Gasteiger partial charge in [0.1, 0.15) is 40.5 Å². The molecule has 7 atom stereocenters. The Labute approximate surface area is 1160 Å². The Hall–Kier alpha value is 5.12. The van der Waals surface area contributed by atoms with Crippen molar-refractivity contribution in [1.82, 2.24) is 10.6 Å². The molecule has 0 radical (unpaired) electrons. The van der Waals surface area contributed by atoms with Crippen LogP contribution < -0.4 is 403 Å². The number of nitrogens with one attached hydrogen (secondary N) is 2. The van der Waals surface area contributed by atoms with E-state index < -0.39 is 152 Å². The van der Waals surface area contributed by atoms with E-state index in [0.717, 1.165) is 54.0 Å². The van der Waals surface area contributed by atoms with Crippen LogP contribution in [0.15, 0.2) is 129 Å². The van der Waals surface area contributed by atoms with Crippen LogP contribution in [-0.2, 0) is 140 Å². The molecule has 0 heterocycles. The summed E-state index contributed by atoms with van der Waals surface area (Å²) in [6.07, 6.45) is 5.73. The Morgan fingerprint density at radius 2 is 0.819 bits per heavy atom. The molecule has 7 unspecified atom stereocenters. The number of benzene rings is 5. The number of aliphatic carboxylic acids is 1. The van der Waals surface area contributed by atoms with Gasteiger partial charge in [0.2, 0.25) is 11.8 Å². The largest absolute Gasteiger partial charge is 1.00 e. The Morgan fingerprint density at radius 1 is 0.431 bits per heavy atom. The van der Waals surface area contributed by atoms with Crippen molar-refractivity contribution >= 4 is 135 Å². The summed E-state index contributed by atoms with van der Waals surface area (Å²) in [5.41, 5.74) is 1.51. The molecule has 0 spiro atoms. The number of fused-ring (bicyclic) bond motifs is 1. The molecule has 59 heteroatoms. The normalized spacial score (nSPS) is 12.7. The second kappa shape index (κ2) is 89.6. The molecule has 0 bridgehead atoms. The van der Waals surface area contributed by atoms with Gasteiger partial charge in [0, 0.05) is 46.9 Å². The molecule has 3 N–H and O–H groups in total. The van der Waals surface area contributed by atoms with Crippen molar-refractivity contribution in [2.45, 2.75) is 296 Å². The summed E-state index contributed by atoms with van der Waals surface area (Å²) in [5, 5.41) is 15.1. The average Bonchev–Trinajstić information content (AvgIpc) is 0.828. The third kappa shape index (κ3) is 89.7. The maximum Gasteiger partial charge on any atom is 1.00 e. The molecule has 0 aliphatic carbocycles. The molecule has 0 aliphatic rings. The fraction of sp³-hybridized carbons (Fsp3) is 0.600. The minimum atomic E-state index is -4.94. The van der Waals surface area contributed by atoms with Crippen molar-refractivity contribution in [2.75, 3.05) is 37.1 Å². The summed E-state index contributed by atoms with van der Waals surface area (Å²) in [4.78, 5) is 86.8. The van der Waals surface area contributed by atoms with Crippen LogP contribution in [0.25, 0.3) is 10.8 Å². The van der Waals surface area contributed by atoms with E-state index in [1.165, 1.54) is 74.0 Å². The Morgan fingerprint density at radius 3 is 1.18 bits per heavy atom. The standard InChI is InChI=1S/C14H16O3S.C13H19NO4S.C10H18O7S.2C10H14O3S.C9H18O5S.C8H16O5S.C7H16NO5P.C4H10O3S.4K.6Na/c1-3-10(2)11-4-5-13-9-14(18(15,16)17)7-6-12(13)8-11;1-4-13(2,3)12(15)14-9-10-5-7-11(8-6-10)19(16,17)18;1-3-10(2,7-8(11)12)9(13)17-5-4-6-18(14,15)16;1-3-8(2)9-4-6-10(7-5-9)14(11,12)13;1-3-8(2)9-6-4-5-7-10(9)14(11,12)13;1-4-9(2,3)8(10)14-6-5-7-15(11,12)13;1-3-7(2)13-8(9)5-4-6-14(10,11)12;1-3-6(2)8-7(9)4-5-13-14(10,11)12;1-3-4(2)8(5,6)7;;;;;;;;;;/h4-10H,3H2,1-2H3,(H,15,16,17);5-8H,4,9H2,1-3H3,(H,14,15)(H,16,17,18);3-7H2,1-2H3,(H,11,12)(H,14,15,16);2*4-8H,3H2,1-2H3,(H,11,12,13);4-7H2,1-3H3,(H,11,12,13);7H,3-6H2,1-2H3,(H,10,11,12);6H,3-5H2,1-2H3,(H,8,9)(H2,10,11,12);4H,3H2,1-2H3,(H,5,6,7);;;;;;;;;;/q;;;;;;;;;10*+1/p-10. The molecular weight excluding hydrogens is 2240 g/mol. The van der Waals surface area contributed by atoms with Gasteiger partial charge in [0.15, 0.2) is 0 Å². The number of esters is 3. The SMILES string of the molecule is CCC(C)(C)C(=O)NCc1ccc(S(=O)(=O)[O-])cc1.CCC(C)(C)C(=O)OCCCS(=O)(=O)[O-].CCC(C)(CC(=O)O)C(=O)OCCCS(=O)(=O)[O-].CCC(C)NC(=O)CCOP(=O)([O-])[O-].CCC(C)OC(=O)CCCS(=O)(=O)[O-].CCC(C)S(=O)(=O)[O-].CCC(C)c1ccc(S(=O)(=O)[O-])cc1.CCC(C)c1ccc2cc(S(=O)(=O)[O-])ccc2c1.CCC(C)c1ccccc1S(=O)(=O)[O-].[K+].[K+].[K+].[K+].[Na+].[Na+].[Na+].[Na+].[Na+].[Na+]. The first-order valence-electron chi connectivity index (χ1n) is 42.4. The van der Waals surface area contributed by atoms with Gasteiger partial charge in [-0.25, -0.2) is 67.3 Å². The van der Waals surface area contributed by atoms with Crippen molar-refractivity contribution in [3.05, 3.63) is 131 Å². The number of hydrogen-bond acceptors (Lipinski definition) is 37. The van der Waals surface area contributed by atoms with Gasteiger partial charge < -0.3 is 85.2 Å². The van der Waals surface area contributed by atoms with Gasteiger partial charge in [-0.3, -0.25) is 28.8 Å². The van der Waals surface area contributed by atoms with Gasteiger partial charge in [-0.05, 0) is 212 Å². The zero-order valence-corrected chi connectivity index (χ0v) is 121. The molecule has 0 fully saturated rings. The maximum atomic E-state index is 11.8. The molecule has 144 heavy (non-hydrogen) atoms. The Kier molecular flexibility index (Phi) is 112.